The van der Waals surface area contributed by atoms with Gasteiger partial charge in [0.15, 0.2) is 5.75 Å². The molecule has 162 valence electrons. The van der Waals surface area contributed by atoms with E-state index < -0.39 is 0 Å². The zero-order valence-corrected chi connectivity index (χ0v) is 18.4. The average molecular weight is 440 g/mol. The molecule has 3 rings (SSSR count). The van der Waals surface area contributed by atoms with Crippen molar-refractivity contribution in [3.05, 3.63) is 82.9 Å². The van der Waals surface area contributed by atoms with Gasteiger partial charge in [-0.25, -0.2) is 0 Å². The van der Waals surface area contributed by atoms with E-state index in [0.717, 1.165) is 12.0 Å². The van der Waals surface area contributed by atoms with Gasteiger partial charge in [0.1, 0.15) is 11.5 Å². The van der Waals surface area contributed by atoms with Crippen LogP contribution in [0.5, 0.6) is 17.2 Å². The first kappa shape index (κ1) is 22.7. The SMILES string of the molecule is CCCOCc1cc(C(=O)Nc2cc(Cl)ccc2Oc2ccccc2)ccc1OCC. The molecule has 0 atom stereocenters. The number of carbonyl (C=O) groups excluding carboxylic acids is 1. The molecule has 3 aromatic carbocycles. The first-order chi connectivity index (χ1) is 15.1. The quantitative estimate of drug-likeness (QED) is 0.356. The molecular formula is C25H26ClNO4. The molecule has 0 spiro atoms. The number of para-hydroxylation sites is 1. The fraction of sp³-hybridized carbons (Fsp3) is 0.240. The second-order valence-electron chi connectivity index (χ2n) is 6.82. The second-order valence-corrected chi connectivity index (χ2v) is 7.25. The molecular weight excluding hydrogens is 414 g/mol. The standard InChI is InChI=1S/C25H26ClNO4/c1-3-14-29-17-19-15-18(10-12-23(19)30-4-2)25(28)27-22-16-20(26)11-13-24(22)31-21-8-6-5-7-9-21/h5-13,15-16H,3-4,14,17H2,1-2H3,(H,27,28). The number of benzene rings is 3. The number of halogens is 1. The summed E-state index contributed by atoms with van der Waals surface area (Å²) in [5, 5.41) is 3.40. The molecule has 0 bridgehead atoms. The summed E-state index contributed by atoms with van der Waals surface area (Å²) in [4.78, 5) is 13.0. The summed E-state index contributed by atoms with van der Waals surface area (Å²) in [5.74, 6) is 1.60. The average Bonchev–Trinajstić information content (AvgIpc) is 2.77. The molecule has 0 aromatic heterocycles. The Hall–Kier alpha value is -3.02. The van der Waals surface area contributed by atoms with Crippen molar-refractivity contribution < 1.29 is 19.0 Å². The van der Waals surface area contributed by atoms with Crippen molar-refractivity contribution in [3.63, 3.8) is 0 Å². The van der Waals surface area contributed by atoms with E-state index in [0.29, 0.717) is 53.3 Å². The highest BCUT2D eigenvalue weighted by molar-refractivity contribution is 6.31. The molecule has 0 aliphatic rings. The normalized spacial score (nSPS) is 10.5. The molecule has 0 fully saturated rings. The summed E-state index contributed by atoms with van der Waals surface area (Å²) in [6.45, 7) is 5.53. The molecule has 0 unspecified atom stereocenters. The number of amides is 1. The van der Waals surface area contributed by atoms with Crippen LogP contribution in [0.3, 0.4) is 0 Å². The van der Waals surface area contributed by atoms with E-state index in [9.17, 15) is 4.79 Å². The Balaban J connectivity index is 1.82. The lowest BCUT2D eigenvalue weighted by Crippen LogP contribution is -2.13. The van der Waals surface area contributed by atoms with Crippen LogP contribution in [0.4, 0.5) is 5.69 Å². The molecule has 0 radical (unpaired) electrons. The molecule has 0 heterocycles. The Kier molecular flexibility index (Phi) is 8.33. The lowest BCUT2D eigenvalue weighted by molar-refractivity contribution is 0.102. The maximum Gasteiger partial charge on any atom is 0.255 e. The smallest absolute Gasteiger partial charge is 0.255 e. The summed E-state index contributed by atoms with van der Waals surface area (Å²) < 4.78 is 17.3. The molecule has 6 heteroatoms. The van der Waals surface area contributed by atoms with Crippen LogP contribution in [-0.2, 0) is 11.3 Å². The largest absolute Gasteiger partial charge is 0.494 e. The lowest BCUT2D eigenvalue weighted by Gasteiger charge is -2.15. The number of carbonyl (C=O) groups is 1. The van der Waals surface area contributed by atoms with Gasteiger partial charge in [0.2, 0.25) is 0 Å². The maximum atomic E-state index is 13.0. The molecule has 5 nitrogen and oxygen atoms in total. The van der Waals surface area contributed by atoms with Crippen molar-refractivity contribution in [2.45, 2.75) is 26.9 Å². The second kappa shape index (κ2) is 11.4. The fourth-order valence-electron chi connectivity index (χ4n) is 2.96. The van der Waals surface area contributed by atoms with Gasteiger partial charge in [0.05, 0.1) is 18.9 Å². The maximum absolute atomic E-state index is 13.0. The Morgan fingerprint density at radius 2 is 1.74 bits per heavy atom. The lowest BCUT2D eigenvalue weighted by atomic mass is 10.1. The zero-order chi connectivity index (χ0) is 22.1. The molecule has 0 saturated heterocycles. The summed E-state index contributed by atoms with van der Waals surface area (Å²) >= 11 is 6.16. The van der Waals surface area contributed by atoms with E-state index in [4.69, 9.17) is 25.8 Å². The van der Waals surface area contributed by atoms with Crippen LogP contribution in [0.15, 0.2) is 66.7 Å². The molecule has 1 N–H and O–H groups in total. The molecule has 0 aliphatic heterocycles. The highest BCUT2D eigenvalue weighted by Crippen LogP contribution is 2.32. The predicted octanol–water partition coefficient (Wildman–Crippen LogP) is 6.71. The minimum atomic E-state index is -0.278. The van der Waals surface area contributed by atoms with Crippen molar-refractivity contribution in [2.75, 3.05) is 18.5 Å². The first-order valence-corrected chi connectivity index (χ1v) is 10.7. The van der Waals surface area contributed by atoms with E-state index in [-0.39, 0.29) is 5.91 Å². The number of hydrogen-bond acceptors (Lipinski definition) is 4. The van der Waals surface area contributed by atoms with Crippen molar-refractivity contribution in [3.8, 4) is 17.2 Å². The van der Waals surface area contributed by atoms with Gasteiger partial charge < -0.3 is 19.5 Å². The van der Waals surface area contributed by atoms with E-state index >= 15 is 0 Å². The summed E-state index contributed by atoms with van der Waals surface area (Å²) in [6.07, 6.45) is 0.920. The van der Waals surface area contributed by atoms with Crippen LogP contribution in [0.25, 0.3) is 0 Å². The van der Waals surface area contributed by atoms with E-state index in [1.165, 1.54) is 0 Å². The highest BCUT2D eigenvalue weighted by atomic mass is 35.5. The molecule has 1 amide bonds. The molecule has 3 aromatic rings. The van der Waals surface area contributed by atoms with Gasteiger partial charge in [-0.1, -0.05) is 36.7 Å². The van der Waals surface area contributed by atoms with Crippen LogP contribution in [0.1, 0.15) is 36.2 Å². The zero-order valence-electron chi connectivity index (χ0n) is 17.7. The first-order valence-electron chi connectivity index (χ1n) is 10.3. The Bertz CT molecular complexity index is 1010. The van der Waals surface area contributed by atoms with E-state index in [2.05, 4.69) is 5.32 Å². The summed E-state index contributed by atoms with van der Waals surface area (Å²) in [5.41, 5.74) is 1.80. The van der Waals surface area contributed by atoms with Gasteiger partial charge in [0.25, 0.3) is 5.91 Å². The van der Waals surface area contributed by atoms with E-state index in [1.807, 2.05) is 44.2 Å². The monoisotopic (exact) mass is 439 g/mol. The molecule has 31 heavy (non-hydrogen) atoms. The van der Waals surface area contributed by atoms with Gasteiger partial charge in [0, 0.05) is 22.8 Å². The van der Waals surface area contributed by atoms with Gasteiger partial charge in [-0.05, 0) is 61.9 Å². The van der Waals surface area contributed by atoms with Gasteiger partial charge in [-0.3, -0.25) is 4.79 Å². The van der Waals surface area contributed by atoms with Crippen LogP contribution >= 0.6 is 11.6 Å². The highest BCUT2D eigenvalue weighted by Gasteiger charge is 2.14. The van der Waals surface area contributed by atoms with E-state index in [1.54, 1.807) is 36.4 Å². The predicted molar refractivity (Wildman–Crippen MR) is 123 cm³/mol. The Morgan fingerprint density at radius 3 is 2.48 bits per heavy atom. The Labute approximate surface area is 187 Å². The summed E-state index contributed by atoms with van der Waals surface area (Å²) in [7, 11) is 0. The number of ether oxygens (including phenoxy) is 3. The van der Waals surface area contributed by atoms with Crippen molar-refractivity contribution >= 4 is 23.2 Å². The minimum Gasteiger partial charge on any atom is -0.494 e. The van der Waals surface area contributed by atoms with Crippen molar-refractivity contribution in [1.29, 1.82) is 0 Å². The summed E-state index contributed by atoms with van der Waals surface area (Å²) in [6, 6.07) is 19.8. The van der Waals surface area contributed by atoms with Crippen molar-refractivity contribution in [2.24, 2.45) is 0 Å². The van der Waals surface area contributed by atoms with Gasteiger partial charge >= 0.3 is 0 Å². The number of nitrogens with one attached hydrogen (secondary N) is 1. The van der Waals surface area contributed by atoms with Gasteiger partial charge in [-0.15, -0.1) is 0 Å². The third-order valence-electron chi connectivity index (χ3n) is 4.39. The third-order valence-corrected chi connectivity index (χ3v) is 4.62. The fourth-order valence-corrected chi connectivity index (χ4v) is 3.13. The number of hydrogen-bond donors (Lipinski definition) is 1. The van der Waals surface area contributed by atoms with Crippen LogP contribution in [-0.4, -0.2) is 19.1 Å². The van der Waals surface area contributed by atoms with Crippen LogP contribution in [0, 0.1) is 0 Å². The van der Waals surface area contributed by atoms with Crippen LogP contribution in [0.2, 0.25) is 5.02 Å². The Morgan fingerprint density at radius 1 is 0.968 bits per heavy atom. The molecule has 0 aliphatic carbocycles. The van der Waals surface area contributed by atoms with Crippen molar-refractivity contribution in [1.82, 2.24) is 0 Å². The molecule has 0 saturated carbocycles. The van der Waals surface area contributed by atoms with Crippen LogP contribution < -0.4 is 14.8 Å². The number of anilines is 1. The number of rotatable bonds is 10. The van der Waals surface area contributed by atoms with Gasteiger partial charge in [-0.2, -0.15) is 0 Å². The topological polar surface area (TPSA) is 56.8 Å². The third kappa shape index (κ3) is 6.48. The minimum absolute atomic E-state index is 0.278.